The molecule has 0 atom stereocenters. The number of amides is 1. The molecule has 0 aliphatic carbocycles. The second-order valence-corrected chi connectivity index (χ2v) is 5.86. The molecule has 0 aliphatic heterocycles. The summed E-state index contributed by atoms with van der Waals surface area (Å²) in [5, 5.41) is 5.86. The van der Waals surface area contributed by atoms with Crippen molar-refractivity contribution in [1.29, 1.82) is 0 Å². The molecule has 2 aromatic rings. The molecule has 0 spiro atoms. The zero-order valence-corrected chi connectivity index (χ0v) is 15.3. The fourth-order valence-electron chi connectivity index (χ4n) is 2.26. The highest BCUT2D eigenvalue weighted by Crippen LogP contribution is 2.11. The van der Waals surface area contributed by atoms with Crippen molar-refractivity contribution in [2.45, 2.75) is 20.4 Å². The minimum atomic E-state index is -0.313. The van der Waals surface area contributed by atoms with Crippen molar-refractivity contribution in [3.63, 3.8) is 0 Å². The number of hydrogen-bond donors (Lipinski definition) is 2. The molecule has 0 saturated carbocycles. The summed E-state index contributed by atoms with van der Waals surface area (Å²) in [5.41, 5.74) is 2.08. The van der Waals surface area contributed by atoms with Crippen molar-refractivity contribution >= 4 is 35.0 Å². The summed E-state index contributed by atoms with van der Waals surface area (Å²) in [4.78, 5) is 14.2. The van der Waals surface area contributed by atoms with Gasteiger partial charge in [0.05, 0.1) is 6.26 Å². The number of nitrogens with one attached hydrogen (secondary N) is 2. The maximum Gasteiger partial charge on any atom is 0.250 e. The molecule has 5 nitrogen and oxygen atoms in total. The number of carbonyl (C=O) groups excluding carboxylic acids is 1. The van der Waals surface area contributed by atoms with Crippen LogP contribution in [-0.4, -0.2) is 29.0 Å². The van der Waals surface area contributed by atoms with Gasteiger partial charge in [0.15, 0.2) is 5.11 Å². The van der Waals surface area contributed by atoms with Crippen molar-refractivity contribution in [1.82, 2.24) is 10.2 Å². The number of carbonyl (C=O) groups is 1. The Hall–Kier alpha value is -2.44. The van der Waals surface area contributed by atoms with Gasteiger partial charge in [-0.1, -0.05) is 26.0 Å². The molecule has 1 amide bonds. The van der Waals surface area contributed by atoms with Crippen LogP contribution in [0.1, 0.15) is 25.2 Å². The Morgan fingerprint density at radius 2 is 1.92 bits per heavy atom. The normalized spacial score (nSPS) is 11.0. The fraction of sp³-hybridized carbons (Fsp3) is 0.263. The maximum atomic E-state index is 11.8. The number of nitrogens with zero attached hydrogens (tertiary/aromatic N) is 1. The van der Waals surface area contributed by atoms with Crippen molar-refractivity contribution in [3.8, 4) is 0 Å². The van der Waals surface area contributed by atoms with E-state index in [1.165, 1.54) is 11.6 Å². The topological polar surface area (TPSA) is 57.5 Å². The zero-order chi connectivity index (χ0) is 18.1. The van der Waals surface area contributed by atoms with Gasteiger partial charge in [0.2, 0.25) is 5.91 Å². The number of rotatable bonds is 7. The smallest absolute Gasteiger partial charge is 0.250 e. The summed E-state index contributed by atoms with van der Waals surface area (Å²) in [6, 6.07) is 11.5. The molecule has 6 heteroatoms. The number of thiocarbonyl (C=S) groups is 1. The van der Waals surface area contributed by atoms with E-state index in [1.807, 2.05) is 12.1 Å². The highest BCUT2D eigenvalue weighted by molar-refractivity contribution is 7.80. The monoisotopic (exact) mass is 357 g/mol. The van der Waals surface area contributed by atoms with E-state index in [4.69, 9.17) is 16.6 Å². The minimum Gasteiger partial charge on any atom is -0.465 e. The van der Waals surface area contributed by atoms with E-state index in [0.717, 1.165) is 25.3 Å². The molecule has 1 aromatic carbocycles. The molecule has 1 aromatic heterocycles. The van der Waals surface area contributed by atoms with Crippen LogP contribution in [0.4, 0.5) is 5.69 Å². The lowest BCUT2D eigenvalue weighted by Gasteiger charge is -2.18. The van der Waals surface area contributed by atoms with Crippen molar-refractivity contribution < 1.29 is 9.21 Å². The Bertz CT molecular complexity index is 705. The minimum absolute atomic E-state index is 0.255. The highest BCUT2D eigenvalue weighted by atomic mass is 32.1. The highest BCUT2D eigenvalue weighted by Gasteiger charge is 2.04. The molecule has 0 bridgehead atoms. The molecular formula is C19H23N3O2S. The molecule has 2 rings (SSSR count). The van der Waals surface area contributed by atoms with Gasteiger partial charge >= 0.3 is 0 Å². The molecule has 0 aliphatic rings. The van der Waals surface area contributed by atoms with Crippen molar-refractivity contribution in [3.05, 3.63) is 60.1 Å². The summed E-state index contributed by atoms with van der Waals surface area (Å²) < 4.78 is 5.12. The molecular weight excluding hydrogens is 334 g/mol. The van der Waals surface area contributed by atoms with Gasteiger partial charge in [-0.3, -0.25) is 15.0 Å². The van der Waals surface area contributed by atoms with Crippen LogP contribution in [-0.2, 0) is 11.3 Å². The third-order valence-corrected chi connectivity index (χ3v) is 3.90. The van der Waals surface area contributed by atoms with E-state index in [0.29, 0.717) is 5.76 Å². The predicted octanol–water partition coefficient (Wildman–Crippen LogP) is 3.65. The average molecular weight is 357 g/mol. The summed E-state index contributed by atoms with van der Waals surface area (Å²) in [6.45, 7) is 7.28. The Balaban J connectivity index is 1.82. The Morgan fingerprint density at radius 1 is 1.20 bits per heavy atom. The first-order valence-electron chi connectivity index (χ1n) is 8.25. The van der Waals surface area contributed by atoms with E-state index < -0.39 is 0 Å². The van der Waals surface area contributed by atoms with Crippen LogP contribution < -0.4 is 10.6 Å². The lowest BCUT2D eigenvalue weighted by atomic mass is 10.2. The molecule has 2 N–H and O–H groups in total. The van der Waals surface area contributed by atoms with E-state index in [2.05, 4.69) is 41.5 Å². The zero-order valence-electron chi connectivity index (χ0n) is 14.5. The molecule has 132 valence electrons. The summed E-state index contributed by atoms with van der Waals surface area (Å²) in [6.07, 6.45) is 4.51. The maximum absolute atomic E-state index is 11.8. The summed E-state index contributed by atoms with van der Waals surface area (Å²) in [5.74, 6) is 0.296. The van der Waals surface area contributed by atoms with E-state index in [-0.39, 0.29) is 11.0 Å². The molecule has 0 radical (unpaired) electrons. The number of furan rings is 1. The third-order valence-electron chi connectivity index (χ3n) is 3.69. The Kier molecular flexibility index (Phi) is 7.37. The summed E-state index contributed by atoms with van der Waals surface area (Å²) >= 11 is 5.16. The molecule has 0 unspecified atom stereocenters. The van der Waals surface area contributed by atoms with Crippen LogP contribution in [0.25, 0.3) is 6.08 Å². The van der Waals surface area contributed by atoms with Crippen LogP contribution >= 0.6 is 12.2 Å². The van der Waals surface area contributed by atoms with E-state index in [1.54, 1.807) is 24.5 Å². The fourth-order valence-corrected chi connectivity index (χ4v) is 2.48. The van der Waals surface area contributed by atoms with E-state index >= 15 is 0 Å². The number of benzene rings is 1. The van der Waals surface area contributed by atoms with Crippen LogP contribution in [0.15, 0.2) is 53.2 Å². The Morgan fingerprint density at radius 3 is 2.52 bits per heavy atom. The van der Waals surface area contributed by atoms with Crippen LogP contribution in [0, 0.1) is 0 Å². The van der Waals surface area contributed by atoms with Crippen LogP contribution in [0.3, 0.4) is 0 Å². The van der Waals surface area contributed by atoms with Gasteiger partial charge in [-0.05, 0) is 61.2 Å². The first-order chi connectivity index (χ1) is 12.1. The summed E-state index contributed by atoms with van der Waals surface area (Å²) in [7, 11) is 0. The third kappa shape index (κ3) is 6.52. The quantitative estimate of drug-likeness (QED) is 0.585. The van der Waals surface area contributed by atoms with Gasteiger partial charge in [-0.25, -0.2) is 0 Å². The molecule has 0 fully saturated rings. The average Bonchev–Trinajstić information content (AvgIpc) is 3.13. The SMILES string of the molecule is CCN(CC)Cc1ccc(NC(=S)NC(=O)/C=C/c2ccco2)cc1. The standard InChI is InChI=1S/C19H23N3O2S/c1-3-22(4-2)14-15-7-9-16(10-8-15)20-19(25)21-18(23)12-11-17-6-5-13-24-17/h5-13H,3-4,14H2,1-2H3,(H2,20,21,23,25)/b12-11+. The number of hydrogen-bond acceptors (Lipinski definition) is 4. The second kappa shape index (κ2) is 9.76. The lowest BCUT2D eigenvalue weighted by Crippen LogP contribution is -2.32. The molecule has 0 saturated heterocycles. The first-order valence-corrected chi connectivity index (χ1v) is 8.66. The second-order valence-electron chi connectivity index (χ2n) is 5.45. The van der Waals surface area contributed by atoms with Gasteiger partial charge in [0, 0.05) is 18.3 Å². The Labute approximate surface area is 153 Å². The molecule has 25 heavy (non-hydrogen) atoms. The van der Waals surface area contributed by atoms with Gasteiger partial charge in [-0.15, -0.1) is 0 Å². The van der Waals surface area contributed by atoms with Crippen LogP contribution in [0.2, 0.25) is 0 Å². The van der Waals surface area contributed by atoms with Crippen molar-refractivity contribution in [2.24, 2.45) is 0 Å². The van der Waals surface area contributed by atoms with Crippen LogP contribution in [0.5, 0.6) is 0 Å². The predicted molar refractivity (Wildman–Crippen MR) is 105 cm³/mol. The van der Waals surface area contributed by atoms with E-state index in [9.17, 15) is 4.79 Å². The number of anilines is 1. The van der Waals surface area contributed by atoms with Crippen molar-refractivity contribution in [2.75, 3.05) is 18.4 Å². The molecule has 1 heterocycles. The van der Waals surface area contributed by atoms with Gasteiger partial charge in [-0.2, -0.15) is 0 Å². The van der Waals surface area contributed by atoms with Gasteiger partial charge < -0.3 is 9.73 Å². The first kappa shape index (κ1) is 18.9. The van der Waals surface area contributed by atoms with Gasteiger partial charge in [0.25, 0.3) is 0 Å². The lowest BCUT2D eigenvalue weighted by molar-refractivity contribution is -0.115. The largest absolute Gasteiger partial charge is 0.465 e. The van der Waals surface area contributed by atoms with Gasteiger partial charge in [0.1, 0.15) is 5.76 Å².